The number of fused-ring (bicyclic) bond motifs is 1. The van der Waals surface area contributed by atoms with Crippen LogP contribution < -0.4 is 10.0 Å². The van der Waals surface area contributed by atoms with Crippen LogP contribution >= 0.6 is 0 Å². The third kappa shape index (κ3) is 4.35. The second-order valence-corrected chi connectivity index (χ2v) is 11.8. The second-order valence-electron chi connectivity index (χ2n) is 9.31. The number of nitrogens with zero attached hydrogens (tertiary/aromatic N) is 1. The van der Waals surface area contributed by atoms with Crippen molar-refractivity contribution in [2.24, 2.45) is 5.92 Å². The monoisotopic (exact) mass is 407 g/mol. The summed E-state index contributed by atoms with van der Waals surface area (Å²) in [5, 5.41) is 3.06. The maximum Gasteiger partial charge on any atom is 0.321 e. The van der Waals surface area contributed by atoms with Gasteiger partial charge in [-0.3, -0.25) is 0 Å². The lowest BCUT2D eigenvalue weighted by Crippen LogP contribution is -2.50. The molecule has 1 aliphatic carbocycles. The molecular weight excluding hydrogens is 374 g/mol. The first-order valence-electron chi connectivity index (χ1n) is 10.2. The van der Waals surface area contributed by atoms with E-state index in [9.17, 15) is 13.2 Å². The minimum atomic E-state index is -3.37. The smallest absolute Gasteiger partial charge is 0.321 e. The molecule has 1 aromatic rings. The normalized spacial score (nSPS) is 20.9. The summed E-state index contributed by atoms with van der Waals surface area (Å²) in [5.41, 5.74) is 4.83. The molecular formula is C21H33N3O3S. The summed E-state index contributed by atoms with van der Waals surface area (Å²) < 4.78 is 26.6. The van der Waals surface area contributed by atoms with Crippen LogP contribution in [0.25, 0.3) is 0 Å². The van der Waals surface area contributed by atoms with E-state index in [4.69, 9.17) is 0 Å². The molecule has 6 nitrogen and oxygen atoms in total. The average Bonchev–Trinajstić information content (AvgIpc) is 2.98. The molecule has 156 valence electrons. The van der Waals surface area contributed by atoms with E-state index in [1.165, 1.54) is 16.7 Å². The zero-order valence-corrected chi connectivity index (χ0v) is 18.4. The van der Waals surface area contributed by atoms with Crippen LogP contribution in [0.4, 0.5) is 10.5 Å². The quantitative estimate of drug-likeness (QED) is 0.806. The predicted molar refractivity (Wildman–Crippen MR) is 113 cm³/mol. The summed E-state index contributed by atoms with van der Waals surface area (Å²) in [6.45, 7) is 10.5. The molecule has 7 heteroatoms. The summed E-state index contributed by atoms with van der Waals surface area (Å²) in [4.78, 5) is 14.5. The van der Waals surface area contributed by atoms with Gasteiger partial charge < -0.3 is 10.2 Å². The second kappa shape index (κ2) is 7.67. The van der Waals surface area contributed by atoms with Gasteiger partial charge in [-0.25, -0.2) is 17.9 Å². The lowest BCUT2D eigenvalue weighted by Gasteiger charge is -2.34. The standard InChI is InChI=1S/C21H33N3O3S/c1-14-12-16-6-7-19(15(2)18(16)13-14)22-20(25)24-10-8-17(9-11-24)23-28(26,27)21(3,4)5/h6-7,14,17,23H,8-13H2,1-5H3,(H,22,25). The van der Waals surface area contributed by atoms with Gasteiger partial charge in [-0.05, 0) is 82.1 Å². The number of nitrogens with one attached hydrogen (secondary N) is 2. The van der Waals surface area contributed by atoms with Gasteiger partial charge in [-0.15, -0.1) is 0 Å². The van der Waals surface area contributed by atoms with Gasteiger partial charge >= 0.3 is 6.03 Å². The van der Waals surface area contributed by atoms with E-state index >= 15 is 0 Å². The molecule has 0 saturated carbocycles. The highest BCUT2D eigenvalue weighted by Crippen LogP contribution is 2.33. The van der Waals surface area contributed by atoms with Crippen molar-refractivity contribution in [3.05, 3.63) is 28.8 Å². The molecule has 0 aromatic heterocycles. The molecule has 1 fully saturated rings. The maximum atomic E-state index is 12.7. The topological polar surface area (TPSA) is 78.5 Å². The zero-order chi connectivity index (χ0) is 20.7. The molecule has 1 heterocycles. The van der Waals surface area contributed by atoms with E-state index in [2.05, 4.69) is 30.0 Å². The lowest BCUT2D eigenvalue weighted by atomic mass is 10.0. The van der Waals surface area contributed by atoms with E-state index in [0.717, 1.165) is 18.5 Å². The van der Waals surface area contributed by atoms with Gasteiger partial charge in [0.05, 0.1) is 4.75 Å². The summed E-state index contributed by atoms with van der Waals surface area (Å²) in [6.07, 6.45) is 3.44. The Balaban J connectivity index is 1.57. The van der Waals surface area contributed by atoms with Crippen molar-refractivity contribution in [1.82, 2.24) is 9.62 Å². The molecule has 1 unspecified atom stereocenters. The molecule has 2 aliphatic rings. The van der Waals surface area contributed by atoms with E-state index in [-0.39, 0.29) is 12.1 Å². The minimum absolute atomic E-state index is 0.105. The Morgan fingerprint density at radius 3 is 2.39 bits per heavy atom. The van der Waals surface area contributed by atoms with Gasteiger partial charge in [-0.2, -0.15) is 0 Å². The highest BCUT2D eigenvalue weighted by Gasteiger charge is 2.33. The molecule has 1 atom stereocenters. The first-order valence-corrected chi connectivity index (χ1v) is 11.7. The fourth-order valence-electron chi connectivity index (χ4n) is 4.01. The van der Waals surface area contributed by atoms with Crippen molar-refractivity contribution >= 4 is 21.7 Å². The first kappa shape index (κ1) is 21.1. The van der Waals surface area contributed by atoms with Gasteiger partial charge in [0.1, 0.15) is 0 Å². The van der Waals surface area contributed by atoms with Crippen molar-refractivity contribution < 1.29 is 13.2 Å². The molecule has 1 saturated heterocycles. The molecule has 2 N–H and O–H groups in total. The van der Waals surface area contributed by atoms with Gasteiger partial charge in [0.15, 0.2) is 0 Å². The Hall–Kier alpha value is -1.60. The predicted octanol–water partition coefficient (Wildman–Crippen LogP) is 3.44. The molecule has 3 rings (SSSR count). The Morgan fingerprint density at radius 1 is 1.14 bits per heavy atom. The number of carbonyl (C=O) groups is 1. The van der Waals surface area contributed by atoms with Gasteiger partial charge in [0.25, 0.3) is 0 Å². The third-order valence-corrected chi connectivity index (χ3v) is 8.22. The number of sulfonamides is 1. The van der Waals surface area contributed by atoms with Crippen LogP contribution in [0.5, 0.6) is 0 Å². The Kier molecular flexibility index (Phi) is 5.79. The van der Waals surface area contributed by atoms with E-state index in [0.29, 0.717) is 31.8 Å². The molecule has 1 aliphatic heterocycles. The number of rotatable bonds is 3. The van der Waals surface area contributed by atoms with Gasteiger partial charge in [0.2, 0.25) is 10.0 Å². The third-order valence-electron chi connectivity index (χ3n) is 5.97. The molecule has 0 radical (unpaired) electrons. The highest BCUT2D eigenvalue weighted by atomic mass is 32.2. The fraction of sp³-hybridized carbons (Fsp3) is 0.667. The van der Waals surface area contributed by atoms with Crippen molar-refractivity contribution in [2.45, 2.75) is 71.1 Å². The number of urea groups is 1. The maximum absolute atomic E-state index is 12.7. The summed E-state index contributed by atoms with van der Waals surface area (Å²) in [5.74, 6) is 0.663. The van der Waals surface area contributed by atoms with Crippen LogP contribution in [-0.2, 0) is 22.9 Å². The van der Waals surface area contributed by atoms with Crippen LogP contribution in [0.15, 0.2) is 12.1 Å². The minimum Gasteiger partial charge on any atom is -0.324 e. The van der Waals surface area contributed by atoms with Gasteiger partial charge in [0, 0.05) is 24.8 Å². The number of hydrogen-bond donors (Lipinski definition) is 2. The van der Waals surface area contributed by atoms with Crippen LogP contribution in [0.3, 0.4) is 0 Å². The van der Waals surface area contributed by atoms with Crippen molar-refractivity contribution in [1.29, 1.82) is 0 Å². The first-order chi connectivity index (χ1) is 13.0. The summed E-state index contributed by atoms with van der Waals surface area (Å²) in [6, 6.07) is 3.92. The van der Waals surface area contributed by atoms with E-state index in [1.807, 2.05) is 6.07 Å². The van der Waals surface area contributed by atoms with Crippen LogP contribution in [0, 0.1) is 12.8 Å². The number of likely N-dealkylation sites (tertiary alicyclic amines) is 1. The molecule has 0 bridgehead atoms. The Morgan fingerprint density at radius 2 is 1.79 bits per heavy atom. The van der Waals surface area contributed by atoms with Crippen molar-refractivity contribution in [3.63, 3.8) is 0 Å². The largest absolute Gasteiger partial charge is 0.324 e. The fourth-order valence-corrected chi connectivity index (χ4v) is 5.04. The van der Waals surface area contributed by atoms with Crippen LogP contribution in [0.1, 0.15) is 57.2 Å². The number of amides is 2. The lowest BCUT2D eigenvalue weighted by molar-refractivity contribution is 0.193. The average molecular weight is 408 g/mol. The summed E-state index contributed by atoms with van der Waals surface area (Å²) >= 11 is 0. The van der Waals surface area contributed by atoms with Crippen LogP contribution in [0.2, 0.25) is 0 Å². The van der Waals surface area contributed by atoms with Crippen molar-refractivity contribution in [2.75, 3.05) is 18.4 Å². The molecule has 28 heavy (non-hydrogen) atoms. The zero-order valence-electron chi connectivity index (χ0n) is 17.6. The molecule has 0 spiro atoms. The molecule has 1 aromatic carbocycles. The summed E-state index contributed by atoms with van der Waals surface area (Å²) in [7, 11) is -3.37. The van der Waals surface area contributed by atoms with Gasteiger partial charge in [-0.1, -0.05) is 13.0 Å². The van der Waals surface area contributed by atoms with E-state index < -0.39 is 14.8 Å². The number of anilines is 1. The SMILES string of the molecule is Cc1c(NC(=O)N2CCC(NS(=O)(=O)C(C)(C)C)CC2)ccc2c1CC(C)C2. The van der Waals surface area contributed by atoms with E-state index in [1.54, 1.807) is 25.7 Å². The van der Waals surface area contributed by atoms with Crippen molar-refractivity contribution in [3.8, 4) is 0 Å². The molecule has 2 amide bonds. The highest BCUT2D eigenvalue weighted by molar-refractivity contribution is 7.90. The number of piperidine rings is 1. The van der Waals surface area contributed by atoms with Crippen LogP contribution in [-0.4, -0.2) is 43.2 Å². The Labute approximate surface area is 169 Å². The number of carbonyl (C=O) groups excluding carboxylic acids is 1. The number of benzene rings is 1. The Bertz CT molecular complexity index is 850. The number of hydrogen-bond acceptors (Lipinski definition) is 3.